The minimum atomic E-state index is -3.56. The molecule has 1 aromatic heterocycles. The van der Waals surface area contributed by atoms with Crippen LogP contribution in [0.5, 0.6) is 0 Å². The first kappa shape index (κ1) is 15.4. The van der Waals surface area contributed by atoms with Crippen molar-refractivity contribution in [1.82, 2.24) is 20.2 Å². The standard InChI is InChI=1S/C12H22N4O3S/c1-9-12(11(8-13-2)16-15-9)20(17,18)14-7-10-5-3-4-6-19-10/h10,13-14H,3-8H2,1-2H3,(H,15,16). The third kappa shape index (κ3) is 3.57. The van der Waals surface area contributed by atoms with Crippen LogP contribution in [0.3, 0.4) is 0 Å². The Morgan fingerprint density at radius 3 is 2.90 bits per heavy atom. The van der Waals surface area contributed by atoms with Gasteiger partial charge in [-0.3, -0.25) is 5.10 Å². The van der Waals surface area contributed by atoms with Crippen molar-refractivity contribution in [1.29, 1.82) is 0 Å². The summed E-state index contributed by atoms with van der Waals surface area (Å²) in [6, 6.07) is 0. The number of hydrogen-bond acceptors (Lipinski definition) is 5. The van der Waals surface area contributed by atoms with Gasteiger partial charge >= 0.3 is 0 Å². The summed E-state index contributed by atoms with van der Waals surface area (Å²) in [5.41, 5.74) is 1.05. The molecule has 0 amide bonds. The molecule has 3 N–H and O–H groups in total. The summed E-state index contributed by atoms with van der Waals surface area (Å²) in [4.78, 5) is 0.239. The van der Waals surface area contributed by atoms with E-state index in [9.17, 15) is 8.42 Å². The van der Waals surface area contributed by atoms with Crippen molar-refractivity contribution in [2.24, 2.45) is 0 Å². The molecule has 0 aromatic carbocycles. The van der Waals surface area contributed by atoms with E-state index in [1.54, 1.807) is 14.0 Å². The van der Waals surface area contributed by atoms with Gasteiger partial charge in [0.1, 0.15) is 4.90 Å². The first-order chi connectivity index (χ1) is 9.54. The number of aryl methyl sites for hydroxylation is 1. The highest BCUT2D eigenvalue weighted by atomic mass is 32.2. The number of H-pyrrole nitrogens is 1. The van der Waals surface area contributed by atoms with Crippen molar-refractivity contribution >= 4 is 10.0 Å². The van der Waals surface area contributed by atoms with E-state index in [1.165, 1.54) is 0 Å². The van der Waals surface area contributed by atoms with Crippen molar-refractivity contribution < 1.29 is 13.2 Å². The Morgan fingerprint density at radius 2 is 2.25 bits per heavy atom. The van der Waals surface area contributed by atoms with Crippen molar-refractivity contribution in [3.63, 3.8) is 0 Å². The molecule has 1 aliphatic heterocycles. The van der Waals surface area contributed by atoms with Crippen LogP contribution in [0.4, 0.5) is 0 Å². The van der Waals surface area contributed by atoms with Gasteiger partial charge in [-0.05, 0) is 33.2 Å². The molecule has 0 saturated carbocycles. The van der Waals surface area contributed by atoms with E-state index < -0.39 is 10.0 Å². The Balaban J connectivity index is 2.07. The highest BCUT2D eigenvalue weighted by Crippen LogP contribution is 2.18. The van der Waals surface area contributed by atoms with Crippen LogP contribution < -0.4 is 10.0 Å². The molecule has 7 nitrogen and oxygen atoms in total. The first-order valence-corrected chi connectivity index (χ1v) is 8.32. The molecule has 1 fully saturated rings. The second-order valence-corrected chi connectivity index (χ2v) is 6.70. The number of rotatable bonds is 6. The van der Waals surface area contributed by atoms with Crippen LogP contribution in [-0.4, -0.2) is 44.9 Å². The summed E-state index contributed by atoms with van der Waals surface area (Å²) in [7, 11) is -1.81. The Labute approximate surface area is 119 Å². The van der Waals surface area contributed by atoms with Crippen molar-refractivity contribution in [2.45, 2.75) is 43.7 Å². The topological polar surface area (TPSA) is 96.1 Å². The second-order valence-electron chi connectivity index (χ2n) is 5.00. The first-order valence-electron chi connectivity index (χ1n) is 6.84. The van der Waals surface area contributed by atoms with E-state index >= 15 is 0 Å². The largest absolute Gasteiger partial charge is 0.377 e. The molecular weight excluding hydrogens is 280 g/mol. The molecule has 0 radical (unpaired) electrons. The van der Waals surface area contributed by atoms with Gasteiger partial charge in [-0.15, -0.1) is 0 Å². The SMILES string of the molecule is CNCc1n[nH]c(C)c1S(=O)(=O)NCC1CCCCO1. The molecule has 0 spiro atoms. The van der Waals surface area contributed by atoms with Crippen LogP contribution >= 0.6 is 0 Å². The Hall–Kier alpha value is -0.960. The quantitative estimate of drug-likeness (QED) is 0.701. The molecule has 0 aliphatic carbocycles. The lowest BCUT2D eigenvalue weighted by atomic mass is 10.1. The number of hydrogen-bond donors (Lipinski definition) is 3. The van der Waals surface area contributed by atoms with Crippen LogP contribution in [0, 0.1) is 6.92 Å². The third-order valence-electron chi connectivity index (χ3n) is 3.35. The predicted octanol–water partition coefficient (Wildman–Crippen LogP) is 0.285. The molecule has 2 rings (SSSR count). The summed E-state index contributed by atoms with van der Waals surface area (Å²) in [6.45, 7) is 3.13. The van der Waals surface area contributed by atoms with E-state index in [-0.39, 0.29) is 11.0 Å². The average Bonchev–Trinajstić information content (AvgIpc) is 2.80. The Morgan fingerprint density at radius 1 is 1.45 bits per heavy atom. The van der Waals surface area contributed by atoms with Crippen LogP contribution in [0.25, 0.3) is 0 Å². The van der Waals surface area contributed by atoms with Crippen molar-refractivity contribution in [3.05, 3.63) is 11.4 Å². The maximum Gasteiger partial charge on any atom is 0.244 e. The summed E-state index contributed by atoms with van der Waals surface area (Å²) in [5.74, 6) is 0. The van der Waals surface area contributed by atoms with Gasteiger partial charge in [0, 0.05) is 19.7 Å². The molecule has 1 aliphatic rings. The van der Waals surface area contributed by atoms with Gasteiger partial charge < -0.3 is 10.1 Å². The lowest BCUT2D eigenvalue weighted by molar-refractivity contribution is 0.0200. The van der Waals surface area contributed by atoms with Crippen LogP contribution in [0.1, 0.15) is 30.7 Å². The molecule has 20 heavy (non-hydrogen) atoms. The van der Waals surface area contributed by atoms with Crippen molar-refractivity contribution in [3.8, 4) is 0 Å². The number of aromatic nitrogens is 2. The third-order valence-corrected chi connectivity index (χ3v) is 4.98. The molecule has 0 bridgehead atoms. The van der Waals surface area contributed by atoms with E-state index in [2.05, 4.69) is 20.2 Å². The molecule has 1 atom stereocenters. The summed E-state index contributed by atoms with van der Waals surface area (Å²) >= 11 is 0. The van der Waals surface area contributed by atoms with E-state index in [0.717, 1.165) is 19.3 Å². The lowest BCUT2D eigenvalue weighted by Gasteiger charge is -2.22. The number of ether oxygens (including phenoxy) is 1. The van der Waals surface area contributed by atoms with Crippen LogP contribution in [0.15, 0.2) is 4.90 Å². The van der Waals surface area contributed by atoms with Crippen LogP contribution in [-0.2, 0) is 21.3 Å². The Bertz CT molecular complexity index is 535. The number of aromatic amines is 1. The van der Waals surface area contributed by atoms with Gasteiger partial charge in [0.2, 0.25) is 10.0 Å². The molecule has 1 saturated heterocycles. The molecular formula is C12H22N4O3S. The zero-order valence-corrected chi connectivity index (χ0v) is 12.7. The van der Waals surface area contributed by atoms with E-state index in [0.29, 0.717) is 31.1 Å². The minimum absolute atomic E-state index is 0.0292. The zero-order valence-electron chi connectivity index (χ0n) is 11.9. The normalized spacial score (nSPS) is 20.2. The number of nitrogens with zero attached hydrogens (tertiary/aromatic N) is 1. The smallest absolute Gasteiger partial charge is 0.244 e. The fourth-order valence-electron chi connectivity index (χ4n) is 2.36. The average molecular weight is 302 g/mol. The lowest BCUT2D eigenvalue weighted by Crippen LogP contribution is -2.36. The maximum atomic E-state index is 12.4. The fourth-order valence-corrected chi connectivity index (χ4v) is 3.78. The summed E-state index contributed by atoms with van der Waals surface area (Å²) < 4.78 is 33.0. The molecule has 1 unspecified atom stereocenters. The monoisotopic (exact) mass is 302 g/mol. The van der Waals surface area contributed by atoms with Gasteiger partial charge in [0.15, 0.2) is 0 Å². The molecule has 8 heteroatoms. The van der Waals surface area contributed by atoms with Gasteiger partial charge in [-0.1, -0.05) is 0 Å². The van der Waals surface area contributed by atoms with Crippen molar-refractivity contribution in [2.75, 3.05) is 20.2 Å². The number of nitrogens with one attached hydrogen (secondary N) is 3. The minimum Gasteiger partial charge on any atom is -0.377 e. The maximum absolute atomic E-state index is 12.4. The van der Waals surface area contributed by atoms with E-state index in [4.69, 9.17) is 4.74 Å². The Kier molecular flexibility index (Phi) is 5.14. The summed E-state index contributed by atoms with van der Waals surface area (Å²) in [5, 5.41) is 9.67. The van der Waals surface area contributed by atoms with Gasteiger partial charge in [-0.25, -0.2) is 13.1 Å². The fraction of sp³-hybridized carbons (Fsp3) is 0.750. The molecule has 1 aromatic rings. The van der Waals surface area contributed by atoms with E-state index in [1.807, 2.05) is 0 Å². The highest BCUT2D eigenvalue weighted by molar-refractivity contribution is 7.89. The molecule has 2 heterocycles. The van der Waals surface area contributed by atoms with Crippen LogP contribution in [0.2, 0.25) is 0 Å². The highest BCUT2D eigenvalue weighted by Gasteiger charge is 2.25. The van der Waals surface area contributed by atoms with Gasteiger partial charge in [0.05, 0.1) is 17.5 Å². The zero-order chi connectivity index (χ0) is 14.6. The number of sulfonamides is 1. The predicted molar refractivity (Wildman–Crippen MR) is 74.9 cm³/mol. The summed E-state index contributed by atoms with van der Waals surface area (Å²) in [6.07, 6.45) is 3.01. The molecule has 114 valence electrons. The van der Waals surface area contributed by atoms with Gasteiger partial charge in [-0.2, -0.15) is 5.10 Å². The second kappa shape index (κ2) is 6.66. The van der Waals surface area contributed by atoms with Gasteiger partial charge in [0.25, 0.3) is 0 Å².